The highest BCUT2D eigenvalue weighted by atomic mass is 16.4. The molecule has 7 N–H and O–H groups in total. The Bertz CT molecular complexity index is 420. The second kappa shape index (κ2) is 11.3. The smallest absolute Gasteiger partial charge is 0.320 e. The van der Waals surface area contributed by atoms with Gasteiger partial charge in [-0.1, -0.05) is 13.8 Å². The molecule has 1 amide bonds. The van der Waals surface area contributed by atoms with Gasteiger partial charge >= 0.3 is 5.97 Å². The quantitative estimate of drug-likeness (QED) is 0.191. The number of hydrogen-bond donors (Lipinski definition) is 7. The fourth-order valence-electron chi connectivity index (χ4n) is 2.19. The number of carboxylic acids is 1. The maximum absolute atomic E-state index is 12.0. The number of nitrogens with zero attached hydrogens (tertiary/aromatic N) is 1. The third-order valence-corrected chi connectivity index (χ3v) is 3.69. The summed E-state index contributed by atoms with van der Waals surface area (Å²) < 4.78 is 0. The number of nitrogens with one attached hydrogen (secondary N) is 1. The molecule has 148 valence electrons. The van der Waals surface area contributed by atoms with Crippen LogP contribution >= 0.6 is 0 Å². The van der Waals surface area contributed by atoms with Gasteiger partial charge in [-0.15, -0.1) is 0 Å². The van der Waals surface area contributed by atoms with Crippen molar-refractivity contribution in [3.8, 4) is 0 Å². The Morgan fingerprint density at radius 2 is 1.56 bits per heavy atom. The Morgan fingerprint density at radius 3 is 2.00 bits per heavy atom. The molecule has 0 aliphatic rings. The molecule has 25 heavy (non-hydrogen) atoms. The molecule has 0 saturated carbocycles. The van der Waals surface area contributed by atoms with Gasteiger partial charge in [0.25, 0.3) is 0 Å². The van der Waals surface area contributed by atoms with Crippen LogP contribution in [0, 0.1) is 0 Å². The molecule has 0 heterocycles. The van der Waals surface area contributed by atoms with E-state index in [1.807, 2.05) is 0 Å². The Balaban J connectivity index is 4.51. The predicted molar refractivity (Wildman–Crippen MR) is 87.7 cm³/mol. The molecule has 5 atom stereocenters. The molecule has 0 fully saturated rings. The molecule has 0 rings (SSSR count). The summed E-state index contributed by atoms with van der Waals surface area (Å²) in [6.07, 6.45) is -6.72. The highest BCUT2D eigenvalue weighted by molar-refractivity contribution is 5.78. The summed E-state index contributed by atoms with van der Waals surface area (Å²) in [7, 11) is 1.36. The molecule has 10 nitrogen and oxygen atoms in total. The number of aliphatic hydroxyl groups is 5. The Kier molecular flexibility index (Phi) is 10.8. The molecule has 0 spiro atoms. The first kappa shape index (κ1) is 23.7. The molecule has 10 heteroatoms. The molecule has 0 bridgehead atoms. The van der Waals surface area contributed by atoms with E-state index < -0.39 is 48.9 Å². The lowest BCUT2D eigenvalue weighted by Gasteiger charge is -2.28. The summed E-state index contributed by atoms with van der Waals surface area (Å²) in [6, 6.07) is -0.945. The van der Waals surface area contributed by atoms with E-state index in [1.165, 1.54) is 7.05 Å². The lowest BCUT2D eigenvalue weighted by Crippen LogP contribution is -2.50. The van der Waals surface area contributed by atoms with E-state index in [9.17, 15) is 30.0 Å². The van der Waals surface area contributed by atoms with Crippen molar-refractivity contribution in [2.75, 3.05) is 20.2 Å². The van der Waals surface area contributed by atoms with E-state index in [-0.39, 0.29) is 25.4 Å². The minimum absolute atomic E-state index is 0.0567. The minimum atomic E-state index is -1.77. The fourth-order valence-corrected chi connectivity index (χ4v) is 2.19. The topological polar surface area (TPSA) is 171 Å². The van der Waals surface area contributed by atoms with Crippen molar-refractivity contribution in [3.05, 3.63) is 0 Å². The van der Waals surface area contributed by atoms with Gasteiger partial charge in [0.15, 0.2) is 0 Å². The van der Waals surface area contributed by atoms with Gasteiger partial charge in [0.1, 0.15) is 30.5 Å². The van der Waals surface area contributed by atoms with Gasteiger partial charge in [-0.25, -0.2) is 0 Å². The predicted octanol–water partition coefficient (Wildman–Crippen LogP) is -2.89. The summed E-state index contributed by atoms with van der Waals surface area (Å²) in [5, 5.41) is 59.0. The van der Waals surface area contributed by atoms with Crippen molar-refractivity contribution in [2.24, 2.45) is 0 Å². The number of carbonyl (C=O) groups is 2. The number of hydrogen-bond acceptors (Lipinski definition) is 8. The van der Waals surface area contributed by atoms with Crippen LogP contribution in [0.3, 0.4) is 0 Å². The first-order valence-electron chi connectivity index (χ1n) is 8.07. The first-order valence-corrected chi connectivity index (χ1v) is 8.07. The van der Waals surface area contributed by atoms with Crippen LogP contribution in [0.25, 0.3) is 0 Å². The maximum Gasteiger partial charge on any atom is 0.320 e. The highest BCUT2D eigenvalue weighted by Crippen LogP contribution is 2.08. The average molecular weight is 366 g/mol. The number of carbonyl (C=O) groups excluding carboxylic acids is 1. The van der Waals surface area contributed by atoms with Crippen LogP contribution in [0.2, 0.25) is 0 Å². The summed E-state index contributed by atoms with van der Waals surface area (Å²) in [5.74, 6) is -1.51. The number of rotatable bonds is 12. The van der Waals surface area contributed by atoms with E-state index in [1.54, 1.807) is 13.8 Å². The van der Waals surface area contributed by atoms with Crippen LogP contribution in [0.5, 0.6) is 0 Å². The molecule has 0 radical (unpaired) electrons. The number of carboxylic acid groups (broad SMARTS) is 1. The van der Waals surface area contributed by atoms with Gasteiger partial charge in [-0.3, -0.25) is 9.59 Å². The van der Waals surface area contributed by atoms with Crippen LogP contribution in [0.4, 0.5) is 0 Å². The average Bonchev–Trinajstić information content (AvgIpc) is 2.55. The van der Waals surface area contributed by atoms with Crippen LogP contribution in [0.1, 0.15) is 26.7 Å². The van der Waals surface area contributed by atoms with Gasteiger partial charge in [-0.05, 0) is 6.42 Å². The lowest BCUT2D eigenvalue weighted by molar-refractivity contribution is -0.141. The van der Waals surface area contributed by atoms with E-state index in [4.69, 9.17) is 10.2 Å². The molecule has 0 saturated heterocycles. The summed E-state index contributed by atoms with van der Waals surface area (Å²) in [6.45, 7) is 2.45. The second-order valence-corrected chi connectivity index (χ2v) is 6.32. The highest BCUT2D eigenvalue weighted by Gasteiger charge is 2.31. The van der Waals surface area contributed by atoms with Gasteiger partial charge in [-0.2, -0.15) is 0 Å². The van der Waals surface area contributed by atoms with Crippen LogP contribution < -0.4 is 5.32 Å². The van der Waals surface area contributed by atoms with Crippen molar-refractivity contribution in [1.29, 1.82) is 0 Å². The van der Waals surface area contributed by atoms with Gasteiger partial charge in [0.2, 0.25) is 5.91 Å². The second-order valence-electron chi connectivity index (χ2n) is 6.32. The monoisotopic (exact) mass is 366 g/mol. The van der Waals surface area contributed by atoms with Crippen LogP contribution in [0.15, 0.2) is 0 Å². The summed E-state index contributed by atoms with van der Waals surface area (Å²) in [5.41, 5.74) is 0. The van der Waals surface area contributed by atoms with Crippen molar-refractivity contribution in [3.63, 3.8) is 0 Å². The van der Waals surface area contributed by atoms with Crippen LogP contribution in [-0.2, 0) is 9.59 Å². The molecule has 0 unspecified atom stereocenters. The summed E-state index contributed by atoms with van der Waals surface area (Å²) in [4.78, 5) is 24.3. The molecule has 0 aliphatic heterocycles. The normalized spacial score (nSPS) is 17.6. The molecule has 0 aliphatic carbocycles. The van der Waals surface area contributed by atoms with Crippen molar-refractivity contribution in [1.82, 2.24) is 10.2 Å². The molecule has 0 aromatic carbocycles. The summed E-state index contributed by atoms with van der Waals surface area (Å²) >= 11 is 0. The third kappa shape index (κ3) is 8.56. The molecule has 0 aromatic heterocycles. The van der Waals surface area contributed by atoms with E-state index in [0.717, 1.165) is 4.90 Å². The number of aliphatic hydroxyl groups excluding tert-OH is 5. The molecular weight excluding hydrogens is 336 g/mol. The van der Waals surface area contributed by atoms with E-state index in [2.05, 4.69) is 5.32 Å². The van der Waals surface area contributed by atoms with Crippen LogP contribution in [-0.4, -0.2) is 104 Å². The van der Waals surface area contributed by atoms with Crippen molar-refractivity contribution in [2.45, 2.75) is 63.2 Å². The maximum atomic E-state index is 12.0. The van der Waals surface area contributed by atoms with E-state index >= 15 is 0 Å². The van der Waals surface area contributed by atoms with Gasteiger partial charge in [0, 0.05) is 26.1 Å². The molecule has 0 aromatic rings. The first-order chi connectivity index (χ1) is 11.5. The zero-order valence-corrected chi connectivity index (χ0v) is 14.7. The largest absolute Gasteiger partial charge is 0.480 e. The third-order valence-electron chi connectivity index (χ3n) is 3.69. The SMILES string of the molecule is CC(C)N[C@@H](CCC(=O)N(C)C[C@@H](O)[C@H](O)[C@@H](O)[C@@H](O)CO)C(=O)O. The Hall–Kier alpha value is -1.30. The standard InChI is InChI=1S/C15H30N2O8/c1-8(2)16-9(15(24)25)4-5-12(21)17(3)6-10(19)13(22)14(23)11(20)7-18/h8-11,13-14,16,18-20,22-23H,4-7H2,1-3H3,(H,24,25)/t9-,10+,11-,13-,14-/m0/s1. The number of likely N-dealkylation sites (N-methyl/N-ethyl adjacent to an activating group) is 1. The molecular formula is C15H30N2O8. The zero-order valence-electron chi connectivity index (χ0n) is 14.7. The Morgan fingerprint density at radius 1 is 1.04 bits per heavy atom. The fraction of sp³-hybridized carbons (Fsp3) is 0.867. The Labute approximate surface area is 146 Å². The van der Waals surface area contributed by atoms with Gasteiger partial charge < -0.3 is 40.9 Å². The van der Waals surface area contributed by atoms with E-state index in [0.29, 0.717) is 0 Å². The van der Waals surface area contributed by atoms with Gasteiger partial charge in [0.05, 0.1) is 6.61 Å². The van der Waals surface area contributed by atoms with Crippen molar-refractivity contribution < 1.29 is 40.2 Å². The zero-order chi connectivity index (χ0) is 19.7. The lowest BCUT2D eigenvalue weighted by atomic mass is 10.0. The number of aliphatic carboxylic acids is 1. The van der Waals surface area contributed by atoms with Crippen molar-refractivity contribution >= 4 is 11.9 Å². The minimum Gasteiger partial charge on any atom is -0.480 e. The number of amides is 1.